The van der Waals surface area contributed by atoms with Crippen LogP contribution in [-0.4, -0.2) is 28.8 Å². The lowest BCUT2D eigenvalue weighted by Crippen LogP contribution is -2.37. The number of aryl methyl sites for hydroxylation is 2. The van der Waals surface area contributed by atoms with Crippen molar-refractivity contribution in [2.45, 2.75) is 33.3 Å². The first-order chi connectivity index (χ1) is 12.0. The quantitative estimate of drug-likeness (QED) is 0.725. The first kappa shape index (κ1) is 17.0. The van der Waals surface area contributed by atoms with Crippen molar-refractivity contribution in [3.05, 3.63) is 59.4 Å². The van der Waals surface area contributed by atoms with Crippen molar-refractivity contribution < 1.29 is 9.53 Å². The van der Waals surface area contributed by atoms with Gasteiger partial charge in [0.1, 0.15) is 5.75 Å². The van der Waals surface area contributed by atoms with Gasteiger partial charge in [-0.15, -0.1) is 0 Å². The lowest BCUT2D eigenvalue weighted by atomic mass is 10.1. The molecule has 0 spiro atoms. The van der Waals surface area contributed by atoms with Gasteiger partial charge in [0.2, 0.25) is 0 Å². The summed E-state index contributed by atoms with van der Waals surface area (Å²) in [4.78, 5) is 12.2. The zero-order chi connectivity index (χ0) is 17.8. The zero-order valence-electron chi connectivity index (χ0n) is 14.8. The standard InChI is InChI=1S/C20H23N3O2/c1-13-19(14(2)23-22-13)10-11-21-20(24)15(3)25-18-9-8-16-6-4-5-7-17(16)12-18/h4-9,12,15H,10-11H2,1-3H3,(H,21,24)(H,22,23). The topological polar surface area (TPSA) is 67.0 Å². The Labute approximate surface area is 147 Å². The largest absolute Gasteiger partial charge is 0.481 e. The molecule has 2 aromatic carbocycles. The van der Waals surface area contributed by atoms with E-state index in [1.165, 1.54) is 0 Å². The Morgan fingerprint density at radius 2 is 1.96 bits per heavy atom. The van der Waals surface area contributed by atoms with Crippen LogP contribution >= 0.6 is 0 Å². The molecule has 0 aliphatic heterocycles. The van der Waals surface area contributed by atoms with Crippen LogP contribution in [0.25, 0.3) is 10.8 Å². The predicted molar refractivity (Wildman–Crippen MR) is 98.8 cm³/mol. The number of nitrogens with one attached hydrogen (secondary N) is 2. The number of H-pyrrole nitrogens is 1. The number of carbonyl (C=O) groups excluding carboxylic acids is 1. The van der Waals surface area contributed by atoms with E-state index < -0.39 is 6.10 Å². The van der Waals surface area contributed by atoms with E-state index in [2.05, 4.69) is 21.6 Å². The Kier molecular flexibility index (Phi) is 5.03. The van der Waals surface area contributed by atoms with Gasteiger partial charge in [0.25, 0.3) is 5.91 Å². The van der Waals surface area contributed by atoms with E-state index in [1.54, 1.807) is 6.92 Å². The second kappa shape index (κ2) is 7.38. The number of hydrogen-bond donors (Lipinski definition) is 2. The molecule has 0 bridgehead atoms. The van der Waals surface area contributed by atoms with E-state index in [0.717, 1.165) is 34.1 Å². The highest BCUT2D eigenvalue weighted by atomic mass is 16.5. The van der Waals surface area contributed by atoms with Gasteiger partial charge in [-0.2, -0.15) is 5.10 Å². The summed E-state index contributed by atoms with van der Waals surface area (Å²) >= 11 is 0. The number of amides is 1. The highest BCUT2D eigenvalue weighted by Crippen LogP contribution is 2.21. The molecule has 25 heavy (non-hydrogen) atoms. The van der Waals surface area contributed by atoms with Crippen LogP contribution in [0.2, 0.25) is 0 Å². The second-order valence-electron chi connectivity index (χ2n) is 6.22. The molecule has 1 amide bonds. The Morgan fingerprint density at radius 3 is 2.68 bits per heavy atom. The lowest BCUT2D eigenvalue weighted by molar-refractivity contribution is -0.127. The molecule has 0 aliphatic carbocycles. The normalized spacial score (nSPS) is 12.1. The third kappa shape index (κ3) is 3.99. The first-order valence-electron chi connectivity index (χ1n) is 8.48. The van der Waals surface area contributed by atoms with Crippen LogP contribution in [0.15, 0.2) is 42.5 Å². The summed E-state index contributed by atoms with van der Waals surface area (Å²) in [5, 5.41) is 12.3. The summed E-state index contributed by atoms with van der Waals surface area (Å²) in [6.07, 6.45) is 0.204. The molecule has 1 aromatic heterocycles. The van der Waals surface area contributed by atoms with Crippen molar-refractivity contribution in [2.24, 2.45) is 0 Å². The number of hydrogen-bond acceptors (Lipinski definition) is 3. The van der Waals surface area contributed by atoms with E-state index >= 15 is 0 Å². The maximum absolute atomic E-state index is 12.2. The molecular weight excluding hydrogens is 314 g/mol. The van der Waals surface area contributed by atoms with Crippen LogP contribution in [0, 0.1) is 13.8 Å². The van der Waals surface area contributed by atoms with Gasteiger partial charge in [0.05, 0.1) is 5.69 Å². The number of ether oxygens (including phenoxy) is 1. The van der Waals surface area contributed by atoms with Gasteiger partial charge in [-0.1, -0.05) is 30.3 Å². The Balaban J connectivity index is 1.54. The molecule has 5 nitrogen and oxygen atoms in total. The molecule has 0 saturated carbocycles. The van der Waals surface area contributed by atoms with Crippen LogP contribution in [-0.2, 0) is 11.2 Å². The van der Waals surface area contributed by atoms with Gasteiger partial charge in [-0.05, 0) is 55.7 Å². The van der Waals surface area contributed by atoms with Crippen LogP contribution in [0.3, 0.4) is 0 Å². The van der Waals surface area contributed by atoms with E-state index in [9.17, 15) is 4.79 Å². The fourth-order valence-electron chi connectivity index (χ4n) is 2.90. The molecule has 0 radical (unpaired) electrons. The molecule has 1 unspecified atom stereocenters. The number of fused-ring (bicyclic) bond motifs is 1. The maximum atomic E-state index is 12.2. The molecule has 0 aliphatic rings. The van der Waals surface area contributed by atoms with Crippen molar-refractivity contribution in [2.75, 3.05) is 6.54 Å². The SMILES string of the molecule is Cc1n[nH]c(C)c1CCNC(=O)C(C)Oc1ccc2ccccc2c1. The molecule has 0 saturated heterocycles. The molecule has 3 aromatic rings. The second-order valence-corrected chi connectivity index (χ2v) is 6.22. The first-order valence-corrected chi connectivity index (χ1v) is 8.48. The minimum absolute atomic E-state index is 0.119. The predicted octanol–water partition coefficient (Wildman–Crippen LogP) is 3.31. The molecule has 1 heterocycles. The van der Waals surface area contributed by atoms with Gasteiger partial charge in [0.15, 0.2) is 6.10 Å². The molecular formula is C20H23N3O2. The maximum Gasteiger partial charge on any atom is 0.260 e. The zero-order valence-corrected chi connectivity index (χ0v) is 14.8. The number of aromatic amines is 1. The third-order valence-corrected chi connectivity index (χ3v) is 4.36. The Morgan fingerprint density at radius 1 is 1.20 bits per heavy atom. The average molecular weight is 337 g/mol. The summed E-state index contributed by atoms with van der Waals surface area (Å²) < 4.78 is 5.79. The molecule has 5 heteroatoms. The fourth-order valence-corrected chi connectivity index (χ4v) is 2.90. The fraction of sp³-hybridized carbons (Fsp3) is 0.300. The van der Waals surface area contributed by atoms with Crippen molar-refractivity contribution in [3.8, 4) is 5.75 Å². The highest BCUT2D eigenvalue weighted by Gasteiger charge is 2.15. The monoisotopic (exact) mass is 337 g/mol. The highest BCUT2D eigenvalue weighted by molar-refractivity contribution is 5.84. The van der Waals surface area contributed by atoms with Crippen molar-refractivity contribution in [1.29, 1.82) is 0 Å². The average Bonchev–Trinajstić information content (AvgIpc) is 2.93. The van der Waals surface area contributed by atoms with E-state index in [1.807, 2.05) is 50.2 Å². The molecule has 1 atom stereocenters. The van der Waals surface area contributed by atoms with E-state index in [0.29, 0.717) is 12.3 Å². The minimum atomic E-state index is -0.548. The van der Waals surface area contributed by atoms with Gasteiger partial charge >= 0.3 is 0 Å². The van der Waals surface area contributed by atoms with Crippen LogP contribution in [0.1, 0.15) is 23.9 Å². The van der Waals surface area contributed by atoms with Gasteiger partial charge in [-0.3, -0.25) is 9.89 Å². The smallest absolute Gasteiger partial charge is 0.260 e. The lowest BCUT2D eigenvalue weighted by Gasteiger charge is -2.15. The number of benzene rings is 2. The van der Waals surface area contributed by atoms with Crippen LogP contribution in [0.5, 0.6) is 5.75 Å². The molecule has 2 N–H and O–H groups in total. The molecule has 0 fully saturated rings. The number of aromatic nitrogens is 2. The Hall–Kier alpha value is -2.82. The van der Waals surface area contributed by atoms with Crippen molar-refractivity contribution in [3.63, 3.8) is 0 Å². The van der Waals surface area contributed by atoms with Crippen LogP contribution in [0.4, 0.5) is 0 Å². The summed E-state index contributed by atoms with van der Waals surface area (Å²) in [5.41, 5.74) is 3.18. The third-order valence-electron chi connectivity index (χ3n) is 4.36. The van der Waals surface area contributed by atoms with Crippen molar-refractivity contribution in [1.82, 2.24) is 15.5 Å². The summed E-state index contributed by atoms with van der Waals surface area (Å²) in [6.45, 7) is 6.28. The summed E-state index contributed by atoms with van der Waals surface area (Å²) in [5.74, 6) is 0.579. The number of rotatable bonds is 6. The van der Waals surface area contributed by atoms with E-state index in [4.69, 9.17) is 4.74 Å². The van der Waals surface area contributed by atoms with Crippen molar-refractivity contribution >= 4 is 16.7 Å². The summed E-state index contributed by atoms with van der Waals surface area (Å²) in [6, 6.07) is 13.9. The Bertz CT molecular complexity index is 866. The van der Waals surface area contributed by atoms with Crippen LogP contribution < -0.4 is 10.1 Å². The minimum Gasteiger partial charge on any atom is -0.481 e. The van der Waals surface area contributed by atoms with Gasteiger partial charge in [0, 0.05) is 12.2 Å². The number of carbonyl (C=O) groups is 1. The molecule has 3 rings (SSSR count). The number of nitrogens with zero attached hydrogens (tertiary/aromatic N) is 1. The molecule has 130 valence electrons. The van der Waals surface area contributed by atoms with Gasteiger partial charge < -0.3 is 10.1 Å². The van der Waals surface area contributed by atoms with Gasteiger partial charge in [-0.25, -0.2) is 0 Å². The summed E-state index contributed by atoms with van der Waals surface area (Å²) in [7, 11) is 0. The van der Waals surface area contributed by atoms with E-state index in [-0.39, 0.29) is 5.91 Å².